The number of hydrazine groups is 1. The van der Waals surface area contributed by atoms with Crippen LogP contribution in [0.4, 0.5) is 55.3 Å². The lowest BCUT2D eigenvalue weighted by atomic mass is 10.2. The summed E-state index contributed by atoms with van der Waals surface area (Å²) in [5.41, 5.74) is 0.510. The number of nitrogens with one attached hydrogen (secondary N) is 2. The highest BCUT2D eigenvalue weighted by molar-refractivity contribution is 5.84. The molecule has 0 atom stereocenters. The number of benzene rings is 3. The van der Waals surface area contributed by atoms with Gasteiger partial charge in [-0.05, 0) is 12.1 Å². The van der Waals surface area contributed by atoms with E-state index in [-0.39, 0.29) is 11.3 Å². The normalized spacial score (nSPS) is 10.8. The van der Waals surface area contributed by atoms with E-state index in [0.717, 1.165) is 12.3 Å². The van der Waals surface area contributed by atoms with E-state index in [1.54, 1.807) is 5.43 Å². The summed E-state index contributed by atoms with van der Waals surface area (Å²) in [6.07, 6.45) is 0.868. The number of phenols is 2. The molecule has 3 aromatic carbocycles. The number of aromatic hydroxyl groups is 2. The van der Waals surface area contributed by atoms with Crippen LogP contribution in [0.3, 0.4) is 0 Å². The number of halogens is 10. The number of nitrogens with zero attached hydrogens (tertiary/aromatic N) is 1. The number of nitrogen functional groups attached to an aromatic ring is 1. The lowest BCUT2D eigenvalue weighted by Crippen LogP contribution is -2.14. The van der Waals surface area contributed by atoms with Crippen LogP contribution in [-0.2, 0) is 0 Å². The van der Waals surface area contributed by atoms with E-state index in [1.165, 1.54) is 17.6 Å². The highest BCUT2D eigenvalue weighted by Crippen LogP contribution is 2.28. The van der Waals surface area contributed by atoms with Gasteiger partial charge in [0.25, 0.3) is 0 Å². The third-order valence-electron chi connectivity index (χ3n) is 3.96. The first-order chi connectivity index (χ1) is 16.3. The summed E-state index contributed by atoms with van der Waals surface area (Å²) in [6, 6.07) is 3.38. The minimum absolute atomic E-state index is 0.0363. The van der Waals surface area contributed by atoms with Crippen molar-refractivity contribution in [3.05, 3.63) is 81.9 Å². The van der Waals surface area contributed by atoms with Crippen LogP contribution < -0.4 is 16.7 Å². The molecule has 0 fully saturated rings. The molecular formula is C19H10F10N4O2. The maximum Gasteiger partial charge on any atom is 0.200 e. The molecule has 0 aliphatic heterocycles. The summed E-state index contributed by atoms with van der Waals surface area (Å²) in [5.74, 6) is -17.0. The van der Waals surface area contributed by atoms with E-state index in [0.29, 0.717) is 0 Å². The van der Waals surface area contributed by atoms with Crippen LogP contribution in [-0.4, -0.2) is 16.4 Å². The molecule has 0 saturated heterocycles. The van der Waals surface area contributed by atoms with Crippen LogP contribution in [0.1, 0.15) is 5.56 Å². The fourth-order valence-corrected chi connectivity index (χ4v) is 2.24. The molecule has 0 aliphatic rings. The van der Waals surface area contributed by atoms with Crippen molar-refractivity contribution in [1.82, 2.24) is 0 Å². The molecule has 0 saturated carbocycles. The summed E-state index contributed by atoms with van der Waals surface area (Å²) in [6.45, 7) is 0. The highest BCUT2D eigenvalue weighted by Gasteiger charge is 2.26. The molecule has 0 heterocycles. The van der Waals surface area contributed by atoms with Gasteiger partial charge in [0.05, 0.1) is 6.21 Å². The van der Waals surface area contributed by atoms with Crippen molar-refractivity contribution in [3.8, 4) is 11.5 Å². The van der Waals surface area contributed by atoms with Crippen LogP contribution >= 0.6 is 0 Å². The molecule has 6 N–H and O–H groups in total. The van der Waals surface area contributed by atoms with Crippen LogP contribution in [0.15, 0.2) is 23.3 Å². The fraction of sp³-hybridized carbons (Fsp3) is 0. The molecule has 188 valence electrons. The largest absolute Gasteiger partial charge is 0.508 e. The highest BCUT2D eigenvalue weighted by atomic mass is 19.2. The average Bonchev–Trinajstić information content (AvgIpc) is 2.83. The molecule has 0 unspecified atom stereocenters. The van der Waals surface area contributed by atoms with Crippen LogP contribution in [0.25, 0.3) is 0 Å². The summed E-state index contributed by atoms with van der Waals surface area (Å²) >= 11 is 0. The van der Waals surface area contributed by atoms with Crippen molar-refractivity contribution in [3.63, 3.8) is 0 Å². The van der Waals surface area contributed by atoms with Gasteiger partial charge in [-0.1, -0.05) is 0 Å². The van der Waals surface area contributed by atoms with Crippen molar-refractivity contribution < 1.29 is 54.1 Å². The van der Waals surface area contributed by atoms with Gasteiger partial charge in [-0.3, -0.25) is 11.3 Å². The Kier molecular flexibility index (Phi) is 8.35. The van der Waals surface area contributed by atoms with Crippen LogP contribution in [0, 0.1) is 58.2 Å². The Bertz CT molecular complexity index is 1250. The third kappa shape index (κ3) is 5.48. The Morgan fingerprint density at radius 1 is 0.629 bits per heavy atom. The molecule has 3 aromatic rings. The smallest absolute Gasteiger partial charge is 0.200 e. The maximum atomic E-state index is 13.3. The van der Waals surface area contributed by atoms with Crippen LogP contribution in [0.2, 0.25) is 0 Å². The van der Waals surface area contributed by atoms with Gasteiger partial charge in [0.15, 0.2) is 46.5 Å². The Morgan fingerprint density at radius 3 is 1.43 bits per heavy atom. The SMILES string of the molecule is NNc1c(F)c(F)c(F)c(F)c1F.Oc1ccc(C=NNc2c(F)c(F)c(F)c(F)c2F)c(O)c1. The van der Waals surface area contributed by atoms with Crippen LogP contribution in [0.5, 0.6) is 11.5 Å². The molecule has 3 rings (SSSR count). The molecule has 6 nitrogen and oxygen atoms in total. The average molecular weight is 516 g/mol. The first-order valence-electron chi connectivity index (χ1n) is 8.63. The number of nitrogens with two attached hydrogens (primary N) is 1. The lowest BCUT2D eigenvalue weighted by molar-refractivity contribution is 0.381. The summed E-state index contributed by atoms with van der Waals surface area (Å²) in [7, 11) is 0. The van der Waals surface area contributed by atoms with Crippen molar-refractivity contribution in [1.29, 1.82) is 0 Å². The van der Waals surface area contributed by atoms with Crippen molar-refractivity contribution in [2.24, 2.45) is 10.9 Å². The Hall–Kier alpha value is -4.21. The van der Waals surface area contributed by atoms with Gasteiger partial charge in [0.2, 0.25) is 11.6 Å². The van der Waals surface area contributed by atoms with E-state index in [1.807, 2.05) is 0 Å². The zero-order valence-electron chi connectivity index (χ0n) is 16.5. The molecule has 0 amide bonds. The van der Waals surface area contributed by atoms with Crippen molar-refractivity contribution >= 4 is 17.6 Å². The minimum Gasteiger partial charge on any atom is -0.508 e. The predicted octanol–water partition coefficient (Wildman–Crippen LogP) is 4.91. The zero-order valence-corrected chi connectivity index (χ0v) is 16.5. The van der Waals surface area contributed by atoms with Gasteiger partial charge in [-0.15, -0.1) is 0 Å². The van der Waals surface area contributed by atoms with E-state index >= 15 is 0 Å². The second kappa shape index (κ2) is 10.8. The van der Waals surface area contributed by atoms with Gasteiger partial charge < -0.3 is 15.6 Å². The molecule has 0 aliphatic carbocycles. The zero-order chi connectivity index (χ0) is 26.6. The summed E-state index contributed by atoms with van der Waals surface area (Å²) in [4.78, 5) is 0. The van der Waals surface area contributed by atoms with Gasteiger partial charge in [0.1, 0.15) is 22.9 Å². The summed E-state index contributed by atoms with van der Waals surface area (Å²) in [5, 5.41) is 21.8. The number of anilines is 2. The Balaban J connectivity index is 0.000000283. The number of rotatable bonds is 4. The number of hydrazone groups is 1. The van der Waals surface area contributed by atoms with E-state index in [4.69, 9.17) is 5.11 Å². The molecule has 16 heteroatoms. The number of hydrogen-bond donors (Lipinski definition) is 5. The van der Waals surface area contributed by atoms with E-state index in [9.17, 15) is 49.0 Å². The molecule has 0 bridgehead atoms. The van der Waals surface area contributed by atoms with E-state index in [2.05, 4.69) is 10.9 Å². The topological polar surface area (TPSA) is 103 Å². The molecule has 0 radical (unpaired) electrons. The second-order valence-electron chi connectivity index (χ2n) is 6.15. The minimum atomic E-state index is -2.28. The third-order valence-corrected chi connectivity index (χ3v) is 3.96. The first-order valence-corrected chi connectivity index (χ1v) is 8.63. The number of hydrogen-bond acceptors (Lipinski definition) is 6. The Morgan fingerprint density at radius 2 is 1.03 bits per heavy atom. The summed E-state index contributed by atoms with van der Waals surface area (Å²) < 4.78 is 127. The quantitative estimate of drug-likeness (QED) is 0.0848. The maximum absolute atomic E-state index is 13.3. The monoisotopic (exact) mass is 516 g/mol. The van der Waals surface area contributed by atoms with Crippen molar-refractivity contribution in [2.75, 3.05) is 10.9 Å². The molecule has 0 spiro atoms. The molecular weight excluding hydrogens is 506 g/mol. The predicted molar refractivity (Wildman–Crippen MR) is 101 cm³/mol. The van der Waals surface area contributed by atoms with Gasteiger partial charge in [-0.25, -0.2) is 43.9 Å². The standard InChI is InChI=1S/C13H7F5N2O2.C6H3F5N2/c14-8-9(15)11(17)13(12(18)10(8)16)20-19-4-5-1-2-6(21)3-7(5)22;7-1-2(8)4(10)6(13-12)5(11)3(1)9/h1-4,20-22H;13H,12H2. The second-order valence-corrected chi connectivity index (χ2v) is 6.15. The van der Waals surface area contributed by atoms with Gasteiger partial charge >= 0.3 is 0 Å². The fourth-order valence-electron chi connectivity index (χ4n) is 2.24. The lowest BCUT2D eigenvalue weighted by Gasteiger charge is -2.07. The van der Waals surface area contributed by atoms with Crippen molar-refractivity contribution in [2.45, 2.75) is 0 Å². The van der Waals surface area contributed by atoms with Gasteiger partial charge in [-0.2, -0.15) is 5.10 Å². The molecule has 35 heavy (non-hydrogen) atoms. The van der Waals surface area contributed by atoms with E-state index < -0.39 is 75.3 Å². The number of phenolic OH excluding ortho intramolecular Hbond substituents is 2. The first kappa shape index (κ1) is 27.0. The Labute approximate surface area is 187 Å². The van der Waals surface area contributed by atoms with Gasteiger partial charge in [0, 0.05) is 11.6 Å². The molecule has 0 aromatic heterocycles.